The van der Waals surface area contributed by atoms with E-state index in [1.165, 1.54) is 17.7 Å². The van der Waals surface area contributed by atoms with Crippen LogP contribution in [-0.2, 0) is 0 Å². The molecule has 1 aliphatic carbocycles. The number of terminal acetylenes is 1. The van der Waals surface area contributed by atoms with Crippen molar-refractivity contribution in [2.45, 2.75) is 50.6 Å². The maximum Gasteiger partial charge on any atom is 0.123 e. The Hall–Kier alpha value is -1.33. The minimum atomic E-state index is -0.164. The normalized spacial score (nSPS) is 24.1. The molecule has 1 unspecified atom stereocenters. The highest BCUT2D eigenvalue weighted by Crippen LogP contribution is 2.37. The zero-order valence-electron chi connectivity index (χ0n) is 10.8. The Balaban J connectivity index is 1.80. The SMILES string of the molecule is C#CC(CCC)NC1CC(c2ccc(F)cc2)C1. The Morgan fingerprint density at radius 1 is 1.39 bits per heavy atom. The lowest BCUT2D eigenvalue weighted by molar-refractivity contribution is 0.275. The van der Waals surface area contributed by atoms with E-state index in [9.17, 15) is 4.39 Å². The topological polar surface area (TPSA) is 12.0 Å². The van der Waals surface area contributed by atoms with E-state index in [1.54, 1.807) is 0 Å². The third-order valence-electron chi connectivity index (χ3n) is 3.69. The van der Waals surface area contributed by atoms with Crippen LogP contribution in [-0.4, -0.2) is 12.1 Å². The first kappa shape index (κ1) is 13.1. The first-order valence-electron chi connectivity index (χ1n) is 6.70. The summed E-state index contributed by atoms with van der Waals surface area (Å²) < 4.78 is 12.8. The van der Waals surface area contributed by atoms with Gasteiger partial charge in [0.15, 0.2) is 0 Å². The molecule has 0 bridgehead atoms. The molecule has 18 heavy (non-hydrogen) atoms. The van der Waals surface area contributed by atoms with Gasteiger partial charge in [-0.1, -0.05) is 31.4 Å². The molecule has 1 nitrogen and oxygen atoms in total. The zero-order chi connectivity index (χ0) is 13.0. The first-order chi connectivity index (χ1) is 8.72. The molecule has 1 atom stereocenters. The van der Waals surface area contributed by atoms with Crippen molar-refractivity contribution in [2.24, 2.45) is 0 Å². The quantitative estimate of drug-likeness (QED) is 0.783. The van der Waals surface area contributed by atoms with Crippen molar-refractivity contribution < 1.29 is 4.39 Å². The fourth-order valence-corrected chi connectivity index (χ4v) is 2.55. The van der Waals surface area contributed by atoms with E-state index < -0.39 is 0 Å². The molecule has 1 aromatic carbocycles. The molecule has 1 aromatic rings. The minimum absolute atomic E-state index is 0.164. The second kappa shape index (κ2) is 6.02. The van der Waals surface area contributed by atoms with Gasteiger partial charge in [0.05, 0.1) is 6.04 Å². The average Bonchev–Trinajstić information content (AvgIpc) is 2.33. The summed E-state index contributed by atoms with van der Waals surface area (Å²) in [5.74, 6) is 3.20. The molecule has 0 heterocycles. The molecule has 0 radical (unpaired) electrons. The summed E-state index contributed by atoms with van der Waals surface area (Å²) >= 11 is 0. The molecule has 0 aliphatic heterocycles. The van der Waals surface area contributed by atoms with Crippen molar-refractivity contribution in [3.05, 3.63) is 35.6 Å². The molecule has 1 N–H and O–H groups in total. The Kier molecular flexibility index (Phi) is 4.38. The molecule has 0 aromatic heterocycles. The molecule has 0 amide bonds. The molecule has 0 spiro atoms. The van der Waals surface area contributed by atoms with Crippen LogP contribution in [0.25, 0.3) is 0 Å². The van der Waals surface area contributed by atoms with Gasteiger partial charge in [-0.3, -0.25) is 0 Å². The third kappa shape index (κ3) is 3.11. The lowest BCUT2D eigenvalue weighted by Gasteiger charge is -2.38. The van der Waals surface area contributed by atoms with E-state index in [2.05, 4.69) is 18.2 Å². The largest absolute Gasteiger partial charge is 0.301 e. The molecule has 0 saturated heterocycles. The Morgan fingerprint density at radius 3 is 2.61 bits per heavy atom. The maximum atomic E-state index is 12.8. The van der Waals surface area contributed by atoms with Gasteiger partial charge in [0.1, 0.15) is 5.82 Å². The summed E-state index contributed by atoms with van der Waals surface area (Å²) in [6.07, 6.45) is 9.85. The standard InChI is InChI=1S/C16H20FN/c1-3-5-15(4-2)18-16-10-13(11-16)12-6-8-14(17)9-7-12/h2,6-9,13,15-16,18H,3,5,10-11H2,1H3. The number of halogens is 1. The summed E-state index contributed by atoms with van der Waals surface area (Å²) in [6, 6.07) is 7.58. The smallest absolute Gasteiger partial charge is 0.123 e. The minimum Gasteiger partial charge on any atom is -0.301 e. The van der Waals surface area contributed by atoms with Crippen LogP contribution in [0.3, 0.4) is 0 Å². The highest BCUT2D eigenvalue weighted by molar-refractivity contribution is 5.23. The predicted molar refractivity (Wildman–Crippen MR) is 72.8 cm³/mol. The van der Waals surface area contributed by atoms with E-state index in [1.807, 2.05) is 12.1 Å². The van der Waals surface area contributed by atoms with E-state index in [0.717, 1.165) is 25.7 Å². The van der Waals surface area contributed by atoms with Gasteiger partial charge in [-0.25, -0.2) is 4.39 Å². The van der Waals surface area contributed by atoms with Crippen LogP contribution in [0.5, 0.6) is 0 Å². The third-order valence-corrected chi connectivity index (χ3v) is 3.69. The average molecular weight is 245 g/mol. The van der Waals surface area contributed by atoms with Crippen molar-refractivity contribution in [1.82, 2.24) is 5.32 Å². The summed E-state index contributed by atoms with van der Waals surface area (Å²) in [6.45, 7) is 2.15. The van der Waals surface area contributed by atoms with Gasteiger partial charge in [0.2, 0.25) is 0 Å². The molecular formula is C16H20FN. The van der Waals surface area contributed by atoms with Gasteiger partial charge in [-0.2, -0.15) is 0 Å². The molecule has 1 saturated carbocycles. The Labute approximate surface area is 109 Å². The van der Waals surface area contributed by atoms with Crippen molar-refractivity contribution in [2.75, 3.05) is 0 Å². The van der Waals surface area contributed by atoms with E-state index in [0.29, 0.717) is 12.0 Å². The van der Waals surface area contributed by atoms with Crippen molar-refractivity contribution in [3.8, 4) is 12.3 Å². The molecule has 1 aliphatic rings. The van der Waals surface area contributed by atoms with Crippen LogP contribution in [0.4, 0.5) is 4.39 Å². The van der Waals surface area contributed by atoms with Gasteiger partial charge in [-0.15, -0.1) is 6.42 Å². The van der Waals surface area contributed by atoms with Crippen LogP contribution in [0.15, 0.2) is 24.3 Å². The van der Waals surface area contributed by atoms with E-state index in [4.69, 9.17) is 6.42 Å². The number of hydrogen-bond acceptors (Lipinski definition) is 1. The lowest BCUT2D eigenvalue weighted by atomic mass is 9.75. The highest BCUT2D eigenvalue weighted by atomic mass is 19.1. The maximum absolute atomic E-state index is 12.8. The predicted octanol–water partition coefficient (Wildman–Crippen LogP) is 3.46. The van der Waals surface area contributed by atoms with Crippen LogP contribution >= 0.6 is 0 Å². The Morgan fingerprint density at radius 2 is 2.06 bits per heavy atom. The number of nitrogens with one attached hydrogen (secondary N) is 1. The van der Waals surface area contributed by atoms with E-state index in [-0.39, 0.29) is 11.9 Å². The van der Waals surface area contributed by atoms with E-state index >= 15 is 0 Å². The molecule has 1 fully saturated rings. The number of benzene rings is 1. The van der Waals surface area contributed by atoms with Crippen LogP contribution in [0.2, 0.25) is 0 Å². The molecular weight excluding hydrogens is 225 g/mol. The zero-order valence-corrected chi connectivity index (χ0v) is 10.8. The second-order valence-electron chi connectivity index (χ2n) is 5.09. The van der Waals surface area contributed by atoms with Gasteiger partial charge in [0, 0.05) is 6.04 Å². The fourth-order valence-electron chi connectivity index (χ4n) is 2.55. The summed E-state index contributed by atoms with van der Waals surface area (Å²) in [7, 11) is 0. The number of rotatable bonds is 5. The molecule has 2 rings (SSSR count). The van der Waals surface area contributed by atoms with Gasteiger partial charge < -0.3 is 5.32 Å². The van der Waals surface area contributed by atoms with Crippen molar-refractivity contribution >= 4 is 0 Å². The first-order valence-corrected chi connectivity index (χ1v) is 6.70. The van der Waals surface area contributed by atoms with Crippen LogP contribution < -0.4 is 5.32 Å². The van der Waals surface area contributed by atoms with Gasteiger partial charge in [0.25, 0.3) is 0 Å². The fraction of sp³-hybridized carbons (Fsp3) is 0.500. The second-order valence-corrected chi connectivity index (χ2v) is 5.09. The Bertz CT molecular complexity index is 412. The monoisotopic (exact) mass is 245 g/mol. The summed E-state index contributed by atoms with van der Waals surface area (Å²) in [5.41, 5.74) is 1.24. The van der Waals surface area contributed by atoms with Crippen LogP contribution in [0.1, 0.15) is 44.1 Å². The highest BCUT2D eigenvalue weighted by Gasteiger charge is 2.31. The number of hydrogen-bond donors (Lipinski definition) is 1. The van der Waals surface area contributed by atoms with Crippen molar-refractivity contribution in [3.63, 3.8) is 0 Å². The van der Waals surface area contributed by atoms with Gasteiger partial charge >= 0.3 is 0 Å². The summed E-state index contributed by atoms with van der Waals surface area (Å²) in [4.78, 5) is 0. The van der Waals surface area contributed by atoms with Crippen LogP contribution in [0, 0.1) is 18.2 Å². The van der Waals surface area contributed by atoms with Gasteiger partial charge in [-0.05, 0) is 42.9 Å². The summed E-state index contributed by atoms with van der Waals surface area (Å²) in [5, 5.41) is 3.50. The molecule has 2 heteroatoms. The lowest BCUT2D eigenvalue weighted by Crippen LogP contribution is -2.45. The van der Waals surface area contributed by atoms with Crippen molar-refractivity contribution in [1.29, 1.82) is 0 Å². The molecule has 96 valence electrons.